The first-order valence-corrected chi connectivity index (χ1v) is 4.51. The molecule has 0 N–H and O–H groups in total. The summed E-state index contributed by atoms with van der Waals surface area (Å²) in [5.74, 6) is -0.607. The van der Waals surface area contributed by atoms with Gasteiger partial charge in [0.2, 0.25) is 0 Å². The van der Waals surface area contributed by atoms with Gasteiger partial charge in [0.25, 0.3) is 0 Å². The second kappa shape index (κ2) is 3.60. The summed E-state index contributed by atoms with van der Waals surface area (Å²) in [5.41, 5.74) is 0. The summed E-state index contributed by atoms with van der Waals surface area (Å²) in [6.45, 7) is 9.03. The van der Waals surface area contributed by atoms with Crippen LogP contribution in [-0.2, 0) is 14.3 Å². The number of Topliss-reactive ketones (excluding diaryl/α,β-unsaturated/α-hetero) is 1. The zero-order valence-electron chi connectivity index (χ0n) is 8.37. The molecule has 1 aliphatic heterocycles. The fraction of sp³-hybridized carbons (Fsp3) is 0.700. The molecule has 1 fully saturated rings. The Hall–Kier alpha value is -0.670. The molecule has 13 heavy (non-hydrogen) atoms. The van der Waals surface area contributed by atoms with E-state index < -0.39 is 11.9 Å². The Morgan fingerprint density at radius 1 is 1.54 bits per heavy atom. The van der Waals surface area contributed by atoms with Crippen LogP contribution in [0.3, 0.4) is 0 Å². The van der Waals surface area contributed by atoms with Gasteiger partial charge >= 0.3 is 0 Å². The quantitative estimate of drug-likeness (QED) is 0.626. The van der Waals surface area contributed by atoms with Crippen LogP contribution >= 0.6 is 0 Å². The molecule has 0 aromatic rings. The second-order valence-electron chi connectivity index (χ2n) is 3.58. The van der Waals surface area contributed by atoms with Crippen LogP contribution < -0.4 is 0 Å². The topological polar surface area (TPSA) is 35.5 Å². The number of hydrogen-bond donors (Lipinski definition) is 0. The molecule has 0 spiro atoms. The van der Waals surface area contributed by atoms with Crippen LogP contribution in [0.2, 0.25) is 0 Å². The van der Waals surface area contributed by atoms with E-state index in [4.69, 9.17) is 9.47 Å². The molecule has 1 heterocycles. The van der Waals surface area contributed by atoms with Gasteiger partial charge in [0, 0.05) is 6.42 Å². The molecule has 3 heteroatoms. The van der Waals surface area contributed by atoms with E-state index in [1.165, 1.54) is 0 Å². The maximum absolute atomic E-state index is 11.4. The molecular formula is C10H16O3. The molecule has 0 amide bonds. The van der Waals surface area contributed by atoms with Crippen molar-refractivity contribution in [3.63, 3.8) is 0 Å². The Balaban J connectivity index is 2.74. The van der Waals surface area contributed by atoms with Crippen molar-refractivity contribution in [3.8, 4) is 0 Å². The summed E-state index contributed by atoms with van der Waals surface area (Å²) in [4.78, 5) is 11.4. The van der Waals surface area contributed by atoms with Gasteiger partial charge in [-0.2, -0.15) is 0 Å². The van der Waals surface area contributed by atoms with Crippen LogP contribution in [0.25, 0.3) is 0 Å². The lowest BCUT2D eigenvalue weighted by Gasteiger charge is -2.15. The Kier molecular flexibility index (Phi) is 2.88. The highest BCUT2D eigenvalue weighted by Crippen LogP contribution is 2.29. The Labute approximate surface area is 78.7 Å². The van der Waals surface area contributed by atoms with E-state index in [1.54, 1.807) is 19.9 Å². The van der Waals surface area contributed by atoms with Gasteiger partial charge in [0.05, 0.1) is 0 Å². The van der Waals surface area contributed by atoms with E-state index in [-0.39, 0.29) is 11.9 Å². The van der Waals surface area contributed by atoms with E-state index in [0.717, 1.165) is 0 Å². The van der Waals surface area contributed by atoms with Crippen LogP contribution in [0.1, 0.15) is 27.2 Å². The largest absolute Gasteiger partial charge is 0.340 e. The molecule has 0 aromatic heterocycles. The number of ketones is 1. The van der Waals surface area contributed by atoms with E-state index in [9.17, 15) is 4.79 Å². The first kappa shape index (κ1) is 10.4. The van der Waals surface area contributed by atoms with Gasteiger partial charge in [-0.3, -0.25) is 4.79 Å². The monoisotopic (exact) mass is 184 g/mol. The highest BCUT2D eigenvalue weighted by Gasteiger charge is 2.42. The predicted molar refractivity (Wildman–Crippen MR) is 49.3 cm³/mol. The van der Waals surface area contributed by atoms with Crippen LogP contribution in [0.4, 0.5) is 0 Å². The predicted octanol–water partition coefficient (Wildman–Crippen LogP) is 1.67. The second-order valence-corrected chi connectivity index (χ2v) is 3.58. The van der Waals surface area contributed by atoms with E-state index in [0.29, 0.717) is 6.42 Å². The van der Waals surface area contributed by atoms with E-state index in [1.807, 2.05) is 6.92 Å². The molecule has 0 radical (unpaired) electrons. The molecule has 1 rings (SSSR count). The smallest absolute Gasteiger partial charge is 0.164 e. The van der Waals surface area contributed by atoms with Gasteiger partial charge in [0.15, 0.2) is 11.6 Å². The zero-order chi connectivity index (χ0) is 10.1. The number of ether oxygens (including phenoxy) is 2. The maximum atomic E-state index is 11.4. The van der Waals surface area contributed by atoms with Gasteiger partial charge in [-0.25, -0.2) is 0 Å². The third-order valence-corrected chi connectivity index (χ3v) is 2.03. The van der Waals surface area contributed by atoms with Gasteiger partial charge in [0.1, 0.15) is 12.2 Å². The summed E-state index contributed by atoms with van der Waals surface area (Å²) in [6.07, 6.45) is 1.31. The molecule has 1 saturated heterocycles. The minimum absolute atomic E-state index is 0.0653. The standard InChI is InChI=1S/C10H16O3/c1-5-7(11)9-8(6-2)12-10(3,4)13-9/h6,8-9H,2,5H2,1,3-4H3/t8-,9+/m0/s1. The van der Waals surface area contributed by atoms with Crippen molar-refractivity contribution >= 4 is 5.78 Å². The highest BCUT2D eigenvalue weighted by molar-refractivity contribution is 5.84. The molecule has 3 nitrogen and oxygen atoms in total. The van der Waals surface area contributed by atoms with Crippen molar-refractivity contribution in [2.45, 2.75) is 45.2 Å². The lowest BCUT2D eigenvalue weighted by atomic mass is 10.1. The lowest BCUT2D eigenvalue weighted by Crippen LogP contribution is -2.29. The number of hydrogen-bond acceptors (Lipinski definition) is 3. The summed E-state index contributed by atoms with van der Waals surface area (Å²) in [7, 11) is 0. The fourth-order valence-corrected chi connectivity index (χ4v) is 1.41. The molecule has 1 aliphatic rings. The van der Waals surface area contributed by atoms with Crippen LogP contribution in [0, 0.1) is 0 Å². The van der Waals surface area contributed by atoms with Gasteiger partial charge in [-0.05, 0) is 13.8 Å². The van der Waals surface area contributed by atoms with Crippen molar-refractivity contribution in [3.05, 3.63) is 12.7 Å². The number of rotatable bonds is 3. The van der Waals surface area contributed by atoms with E-state index in [2.05, 4.69) is 6.58 Å². The molecule has 0 aromatic carbocycles. The average molecular weight is 184 g/mol. The van der Waals surface area contributed by atoms with Gasteiger partial charge in [-0.15, -0.1) is 6.58 Å². The summed E-state index contributed by atoms with van der Waals surface area (Å²) in [6, 6.07) is 0. The molecule has 0 aliphatic carbocycles. The minimum atomic E-state index is -0.672. The summed E-state index contributed by atoms with van der Waals surface area (Å²) >= 11 is 0. The van der Waals surface area contributed by atoms with Gasteiger partial charge in [-0.1, -0.05) is 13.0 Å². The normalized spacial score (nSPS) is 31.6. The Morgan fingerprint density at radius 2 is 2.15 bits per heavy atom. The van der Waals surface area contributed by atoms with Crippen molar-refractivity contribution in [2.24, 2.45) is 0 Å². The SMILES string of the molecule is C=C[C@@H]1OC(C)(C)O[C@@H]1C(=O)CC. The van der Waals surface area contributed by atoms with Crippen molar-refractivity contribution in [2.75, 3.05) is 0 Å². The minimum Gasteiger partial charge on any atom is -0.340 e. The molecule has 0 bridgehead atoms. The first-order valence-electron chi connectivity index (χ1n) is 4.51. The Morgan fingerprint density at radius 3 is 2.62 bits per heavy atom. The van der Waals surface area contributed by atoms with Crippen molar-refractivity contribution in [1.82, 2.24) is 0 Å². The fourth-order valence-electron chi connectivity index (χ4n) is 1.41. The number of carbonyl (C=O) groups excluding carboxylic acids is 1. The van der Waals surface area contributed by atoms with Gasteiger partial charge < -0.3 is 9.47 Å². The molecule has 0 unspecified atom stereocenters. The first-order chi connectivity index (χ1) is 6.00. The van der Waals surface area contributed by atoms with Crippen molar-refractivity contribution in [1.29, 1.82) is 0 Å². The van der Waals surface area contributed by atoms with Crippen molar-refractivity contribution < 1.29 is 14.3 Å². The Bertz CT molecular complexity index is 220. The molecular weight excluding hydrogens is 168 g/mol. The molecule has 0 saturated carbocycles. The van der Waals surface area contributed by atoms with Crippen LogP contribution in [0.15, 0.2) is 12.7 Å². The summed E-state index contributed by atoms with van der Waals surface area (Å²) < 4.78 is 10.9. The van der Waals surface area contributed by atoms with Crippen LogP contribution in [-0.4, -0.2) is 23.8 Å². The van der Waals surface area contributed by atoms with Crippen LogP contribution in [0.5, 0.6) is 0 Å². The molecule has 2 atom stereocenters. The van der Waals surface area contributed by atoms with E-state index >= 15 is 0 Å². The number of carbonyl (C=O) groups is 1. The molecule has 74 valence electrons. The lowest BCUT2D eigenvalue weighted by molar-refractivity contribution is -0.153. The third kappa shape index (κ3) is 2.17. The third-order valence-electron chi connectivity index (χ3n) is 2.03. The highest BCUT2D eigenvalue weighted by atomic mass is 16.8. The maximum Gasteiger partial charge on any atom is 0.164 e. The average Bonchev–Trinajstić information content (AvgIpc) is 2.39. The zero-order valence-corrected chi connectivity index (χ0v) is 8.37. The summed E-state index contributed by atoms with van der Waals surface area (Å²) in [5, 5.41) is 0.